The SMILES string of the molecule is Cc1nc[c]nc1Cl. The minimum atomic E-state index is 0.424. The summed E-state index contributed by atoms with van der Waals surface area (Å²) in [6.45, 7) is 1.79. The average Bonchev–Trinajstić information content (AvgIpc) is 1.77. The lowest BCUT2D eigenvalue weighted by atomic mass is 10.5. The van der Waals surface area contributed by atoms with Crippen molar-refractivity contribution < 1.29 is 0 Å². The van der Waals surface area contributed by atoms with Crippen LogP contribution in [-0.4, -0.2) is 9.97 Å². The van der Waals surface area contributed by atoms with Gasteiger partial charge in [0.05, 0.1) is 11.9 Å². The van der Waals surface area contributed by atoms with Crippen molar-refractivity contribution in [1.82, 2.24) is 9.97 Å². The predicted molar refractivity (Wildman–Crippen MR) is 30.6 cm³/mol. The van der Waals surface area contributed by atoms with Crippen molar-refractivity contribution in [2.45, 2.75) is 6.92 Å². The molecule has 0 spiro atoms. The fourth-order valence-corrected chi connectivity index (χ4v) is 0.443. The zero-order chi connectivity index (χ0) is 5.98. The van der Waals surface area contributed by atoms with Gasteiger partial charge in [0.2, 0.25) is 0 Å². The molecule has 1 rings (SSSR count). The summed E-state index contributed by atoms with van der Waals surface area (Å²) in [7, 11) is 0. The molecule has 1 aromatic rings. The maximum atomic E-state index is 5.50. The minimum absolute atomic E-state index is 0.424. The van der Waals surface area contributed by atoms with E-state index >= 15 is 0 Å². The monoisotopic (exact) mass is 127 g/mol. The summed E-state index contributed by atoms with van der Waals surface area (Å²) in [5, 5.41) is 0.424. The largest absolute Gasteiger partial charge is 0.256 e. The summed E-state index contributed by atoms with van der Waals surface area (Å²) in [6, 6.07) is 0. The summed E-state index contributed by atoms with van der Waals surface area (Å²) < 4.78 is 0. The van der Waals surface area contributed by atoms with E-state index in [9.17, 15) is 0 Å². The highest BCUT2D eigenvalue weighted by atomic mass is 35.5. The van der Waals surface area contributed by atoms with E-state index in [0.29, 0.717) is 5.15 Å². The van der Waals surface area contributed by atoms with E-state index in [2.05, 4.69) is 16.2 Å². The molecule has 0 amide bonds. The number of nitrogens with zero attached hydrogens (tertiary/aromatic N) is 2. The van der Waals surface area contributed by atoms with Crippen LogP contribution in [0.2, 0.25) is 5.15 Å². The van der Waals surface area contributed by atoms with Gasteiger partial charge in [0.15, 0.2) is 5.15 Å². The van der Waals surface area contributed by atoms with Crippen LogP contribution in [0.25, 0.3) is 0 Å². The highest BCUT2D eigenvalue weighted by molar-refractivity contribution is 6.29. The minimum Gasteiger partial charge on any atom is -0.256 e. The second kappa shape index (κ2) is 2.09. The Bertz CT molecular complexity index is 167. The summed E-state index contributed by atoms with van der Waals surface area (Å²) in [5.74, 6) is 0. The molecule has 0 saturated carbocycles. The van der Waals surface area contributed by atoms with Gasteiger partial charge in [-0.3, -0.25) is 4.98 Å². The third-order valence-corrected chi connectivity index (χ3v) is 1.14. The van der Waals surface area contributed by atoms with Crippen LogP contribution in [0.3, 0.4) is 0 Å². The molecule has 8 heavy (non-hydrogen) atoms. The van der Waals surface area contributed by atoms with Crippen molar-refractivity contribution >= 4 is 11.6 Å². The average molecular weight is 128 g/mol. The first kappa shape index (κ1) is 5.51. The van der Waals surface area contributed by atoms with E-state index < -0.39 is 0 Å². The van der Waals surface area contributed by atoms with E-state index in [0.717, 1.165) is 5.69 Å². The van der Waals surface area contributed by atoms with Crippen molar-refractivity contribution in [3.8, 4) is 0 Å². The fourth-order valence-electron chi connectivity index (χ4n) is 0.345. The van der Waals surface area contributed by atoms with Gasteiger partial charge < -0.3 is 0 Å². The van der Waals surface area contributed by atoms with Crippen LogP contribution in [0, 0.1) is 13.1 Å². The molecule has 0 unspecified atom stereocenters. The van der Waals surface area contributed by atoms with Crippen LogP contribution < -0.4 is 0 Å². The second-order valence-corrected chi connectivity index (χ2v) is 1.73. The molecular weight excluding hydrogens is 124 g/mol. The van der Waals surface area contributed by atoms with Crippen molar-refractivity contribution in [1.29, 1.82) is 0 Å². The maximum absolute atomic E-state index is 5.50. The van der Waals surface area contributed by atoms with E-state index in [1.807, 2.05) is 0 Å². The Morgan fingerprint density at radius 1 is 1.75 bits per heavy atom. The smallest absolute Gasteiger partial charge is 0.151 e. The summed E-state index contributed by atoms with van der Waals surface area (Å²) in [5.41, 5.74) is 0.741. The maximum Gasteiger partial charge on any atom is 0.151 e. The molecule has 2 nitrogen and oxygen atoms in total. The lowest BCUT2D eigenvalue weighted by Crippen LogP contribution is -1.82. The number of aromatic nitrogens is 2. The molecule has 41 valence electrons. The first-order valence-electron chi connectivity index (χ1n) is 2.16. The molecule has 0 fully saturated rings. The fraction of sp³-hybridized carbons (Fsp3) is 0.200. The van der Waals surface area contributed by atoms with Gasteiger partial charge in [-0.2, -0.15) is 0 Å². The van der Waals surface area contributed by atoms with Gasteiger partial charge in [0.25, 0.3) is 0 Å². The molecule has 0 atom stereocenters. The van der Waals surface area contributed by atoms with Gasteiger partial charge in [0.1, 0.15) is 6.20 Å². The molecule has 1 radical (unpaired) electrons. The van der Waals surface area contributed by atoms with Crippen LogP contribution in [0.15, 0.2) is 6.20 Å². The molecule has 0 aliphatic carbocycles. The molecule has 1 heterocycles. The van der Waals surface area contributed by atoms with E-state index in [1.165, 1.54) is 6.20 Å². The van der Waals surface area contributed by atoms with Crippen LogP contribution in [0.5, 0.6) is 0 Å². The summed E-state index contributed by atoms with van der Waals surface area (Å²) in [6.07, 6.45) is 4.00. The Morgan fingerprint density at radius 2 is 2.50 bits per heavy atom. The number of hydrogen-bond acceptors (Lipinski definition) is 2. The normalized spacial score (nSPS) is 9.25. The zero-order valence-corrected chi connectivity index (χ0v) is 5.11. The van der Waals surface area contributed by atoms with Gasteiger partial charge in [-0.25, -0.2) is 4.98 Å². The van der Waals surface area contributed by atoms with E-state index in [-0.39, 0.29) is 0 Å². The molecule has 0 N–H and O–H groups in total. The lowest BCUT2D eigenvalue weighted by molar-refractivity contribution is 1.11. The van der Waals surface area contributed by atoms with Crippen LogP contribution in [0.4, 0.5) is 0 Å². The predicted octanol–water partition coefficient (Wildman–Crippen LogP) is 1.24. The van der Waals surface area contributed by atoms with E-state index in [4.69, 9.17) is 11.6 Å². The highest BCUT2D eigenvalue weighted by Crippen LogP contribution is 2.04. The Hall–Kier alpha value is -0.630. The van der Waals surface area contributed by atoms with E-state index in [1.54, 1.807) is 6.92 Å². The second-order valence-electron chi connectivity index (χ2n) is 1.38. The van der Waals surface area contributed by atoms with Crippen molar-refractivity contribution in [2.75, 3.05) is 0 Å². The Balaban J connectivity index is 3.13. The molecule has 0 aliphatic rings. The van der Waals surface area contributed by atoms with Gasteiger partial charge in [0, 0.05) is 0 Å². The van der Waals surface area contributed by atoms with Crippen molar-refractivity contribution in [2.24, 2.45) is 0 Å². The molecule has 0 aliphatic heterocycles. The first-order chi connectivity index (χ1) is 3.80. The van der Waals surface area contributed by atoms with Crippen LogP contribution >= 0.6 is 11.6 Å². The highest BCUT2D eigenvalue weighted by Gasteiger charge is 1.90. The standard InChI is InChI=1S/C5H4ClN2/c1-4-5(6)8-3-2-7-4/h2H,1H3. The Morgan fingerprint density at radius 3 is 2.88 bits per heavy atom. The van der Waals surface area contributed by atoms with Crippen LogP contribution in [0.1, 0.15) is 5.69 Å². The number of rotatable bonds is 0. The summed E-state index contributed by atoms with van der Waals surface area (Å²) >= 11 is 5.50. The first-order valence-corrected chi connectivity index (χ1v) is 2.53. The summed E-state index contributed by atoms with van der Waals surface area (Å²) in [4.78, 5) is 7.49. The van der Waals surface area contributed by atoms with Crippen LogP contribution in [-0.2, 0) is 0 Å². The van der Waals surface area contributed by atoms with Crippen molar-refractivity contribution in [3.05, 3.63) is 23.2 Å². The molecule has 1 aromatic heterocycles. The molecule has 0 bridgehead atoms. The number of aryl methyl sites for hydroxylation is 1. The third kappa shape index (κ3) is 0.954. The van der Waals surface area contributed by atoms with Crippen molar-refractivity contribution in [3.63, 3.8) is 0 Å². The van der Waals surface area contributed by atoms with Gasteiger partial charge in [-0.1, -0.05) is 11.6 Å². The third-order valence-electron chi connectivity index (χ3n) is 0.777. The zero-order valence-electron chi connectivity index (χ0n) is 4.35. The molecule has 3 heteroatoms. The molecule has 0 aromatic carbocycles. The lowest BCUT2D eigenvalue weighted by Gasteiger charge is -1.88. The quantitative estimate of drug-likeness (QED) is 0.524. The number of hydrogen-bond donors (Lipinski definition) is 0. The van der Waals surface area contributed by atoms with Gasteiger partial charge >= 0.3 is 0 Å². The Kier molecular flexibility index (Phi) is 1.44. The molecule has 0 saturated heterocycles. The Labute approximate surface area is 52.5 Å². The topological polar surface area (TPSA) is 25.8 Å². The number of halogens is 1. The molecular formula is C5H4ClN2. The van der Waals surface area contributed by atoms with Gasteiger partial charge in [-0.05, 0) is 6.92 Å². The van der Waals surface area contributed by atoms with Gasteiger partial charge in [-0.15, -0.1) is 0 Å².